The predicted octanol–water partition coefficient (Wildman–Crippen LogP) is -3.00. The summed E-state index contributed by atoms with van der Waals surface area (Å²) in [6.45, 7) is 0. The molecule has 0 aliphatic carbocycles. The Morgan fingerprint density at radius 3 is 1.33 bits per heavy atom. The number of rotatable bonds is 12. The summed E-state index contributed by atoms with van der Waals surface area (Å²) in [5.41, 5.74) is 11.4. The molecule has 0 spiro atoms. The Morgan fingerprint density at radius 1 is 0.630 bits per heavy atom. The Balaban J connectivity index is 1.14. The van der Waals surface area contributed by atoms with Crippen molar-refractivity contribution < 1.29 is 86.6 Å². The second kappa shape index (κ2) is 14.4. The summed E-state index contributed by atoms with van der Waals surface area (Å²) in [5, 5.41) is 63.5. The molecule has 0 amide bonds. The number of aliphatic hydroxyl groups is 6. The fourth-order valence-electron chi connectivity index (χ4n) is 5.50. The van der Waals surface area contributed by atoms with Crippen LogP contribution in [0.5, 0.6) is 0 Å². The highest BCUT2D eigenvalue weighted by Crippen LogP contribution is 2.77. The molecule has 0 saturated carbocycles. The average molecular weight is 869 g/mol. The number of nitrogens with two attached hydrogens (primary N) is 2. The van der Waals surface area contributed by atoms with Gasteiger partial charge in [0.1, 0.15) is 60.3 Å². The Bertz CT molecular complexity index is 2110. The smallest absolute Gasteiger partial charge is 0.366 e. The number of fused-ring (bicyclic) bond motifs is 2. The van der Waals surface area contributed by atoms with E-state index in [1.165, 1.54) is 0 Å². The minimum absolute atomic E-state index is 0.0198. The standard InChI is InChI=1S/C21H29ClN10O18P4/c22-21(53(43,44)49-51(39,40)19(37)11-7(33)9(35)17(47-11)31-3-29-5-13(23)25-1-27-15(5)31)54(45,46)50-52(41,42)20(38)12-8(34)10(36)18(48-12)32-4-30-6-14(24)26-2-28-16(6)32/h1-4,7-12,17-21,33-38H,(H,39,40)(H,41,42)(H,43,44)(H,45,46)(H2,23,25,27)(H2,24,26,28)/t7-,8-,9+,10+,11-,12-,17+,18+,19?,20?,21?/m0/s1. The van der Waals surface area contributed by atoms with Crippen LogP contribution in [0.3, 0.4) is 0 Å². The van der Waals surface area contributed by atoms with Crippen LogP contribution in [-0.4, -0.2) is 142 Å². The molecule has 6 heterocycles. The molecule has 2 aliphatic heterocycles. The average Bonchev–Trinajstić information content (AvgIpc) is 3.85. The third-order valence-corrected chi connectivity index (χ3v) is 18.1. The zero-order chi connectivity index (χ0) is 39.9. The first kappa shape index (κ1) is 41.0. The molecule has 33 heteroatoms. The number of hydrogen-bond donors (Lipinski definition) is 12. The van der Waals surface area contributed by atoms with Gasteiger partial charge in [0.05, 0.1) is 12.7 Å². The third-order valence-electron chi connectivity index (χ3n) is 8.14. The van der Waals surface area contributed by atoms with Gasteiger partial charge in [-0.1, -0.05) is 11.6 Å². The number of anilines is 2. The molecule has 14 N–H and O–H groups in total. The number of aromatic nitrogens is 8. The van der Waals surface area contributed by atoms with Crippen LogP contribution >= 0.6 is 42.0 Å². The molecular weight excluding hydrogens is 840 g/mol. The summed E-state index contributed by atoms with van der Waals surface area (Å²) in [7, 11) is -24.6. The number of hydrogen-bond acceptors (Lipinski definition) is 22. The summed E-state index contributed by atoms with van der Waals surface area (Å²) < 4.78 is 73.1. The second-order valence-electron chi connectivity index (χ2n) is 11.7. The number of alkyl halides is 1. The predicted molar refractivity (Wildman–Crippen MR) is 174 cm³/mol. The molecule has 14 atom stereocenters. The maximum absolute atomic E-state index is 13.0. The van der Waals surface area contributed by atoms with Gasteiger partial charge in [-0.2, -0.15) is 0 Å². The minimum atomic E-state index is -6.25. The van der Waals surface area contributed by atoms with E-state index in [1.807, 2.05) is 0 Å². The van der Waals surface area contributed by atoms with Crippen LogP contribution in [-0.2, 0) is 36.4 Å². The Labute approximate surface area is 303 Å². The van der Waals surface area contributed by atoms with Crippen molar-refractivity contribution in [1.82, 2.24) is 39.0 Å². The van der Waals surface area contributed by atoms with Crippen molar-refractivity contribution in [2.24, 2.45) is 0 Å². The highest BCUT2D eigenvalue weighted by molar-refractivity contribution is 7.80. The van der Waals surface area contributed by atoms with E-state index in [1.54, 1.807) is 0 Å². The molecule has 0 bridgehead atoms. The minimum Gasteiger partial charge on any atom is -0.387 e. The Hall–Kier alpha value is -2.65. The van der Waals surface area contributed by atoms with E-state index in [4.69, 9.17) is 32.5 Å². The van der Waals surface area contributed by atoms with Crippen molar-refractivity contribution in [2.45, 2.75) is 65.6 Å². The highest BCUT2D eigenvalue weighted by atomic mass is 35.5. The van der Waals surface area contributed by atoms with Crippen molar-refractivity contribution in [3.63, 3.8) is 0 Å². The lowest BCUT2D eigenvalue weighted by molar-refractivity contribution is -0.0662. The van der Waals surface area contributed by atoms with Crippen LogP contribution < -0.4 is 11.5 Å². The molecule has 4 aromatic rings. The molecular formula is C21H29ClN10O18P4. The second-order valence-corrected chi connectivity index (χ2v) is 21.0. The SMILES string of the molecule is Nc1ncnc2c1ncn2[C@@H]1O[C@H](C(O)P(=O)(O)OP(=O)(O)C(Cl)P(=O)(O)OP(=O)(O)C(O)[C@H]2O[C@@H](n3cnc4c(N)ncnc43)[C@H](O)[C@@H]2O)[C@@H](O)[C@H]1O. The largest absolute Gasteiger partial charge is 0.387 e. The van der Waals surface area contributed by atoms with E-state index >= 15 is 0 Å². The first-order chi connectivity index (χ1) is 25.0. The molecule has 6 unspecified atom stereocenters. The first-order valence-electron chi connectivity index (χ1n) is 14.6. The van der Waals surface area contributed by atoms with Gasteiger partial charge in [0.25, 0.3) is 0 Å². The van der Waals surface area contributed by atoms with Gasteiger partial charge in [0.15, 0.2) is 47.1 Å². The number of halogens is 1. The van der Waals surface area contributed by atoms with Crippen LogP contribution in [0.25, 0.3) is 22.3 Å². The molecule has 28 nitrogen and oxygen atoms in total. The van der Waals surface area contributed by atoms with E-state index in [9.17, 15) is 68.5 Å². The molecule has 0 aromatic carbocycles. The molecule has 2 saturated heterocycles. The molecule has 54 heavy (non-hydrogen) atoms. The van der Waals surface area contributed by atoms with Gasteiger partial charge in [0.2, 0.25) is 4.86 Å². The Morgan fingerprint density at radius 2 is 0.981 bits per heavy atom. The lowest BCUT2D eigenvalue weighted by Crippen LogP contribution is -2.39. The normalized spacial score (nSPS) is 32.4. The monoisotopic (exact) mass is 868 g/mol. The van der Waals surface area contributed by atoms with Crippen LogP contribution in [0.1, 0.15) is 12.5 Å². The zero-order valence-electron chi connectivity index (χ0n) is 26.3. The quantitative estimate of drug-likeness (QED) is 0.0499. The van der Waals surface area contributed by atoms with Crippen molar-refractivity contribution >= 4 is 75.9 Å². The number of imidazole rings is 2. The number of nitrogens with zero attached hydrogens (tertiary/aromatic N) is 8. The molecule has 2 fully saturated rings. The maximum atomic E-state index is 13.0. The summed E-state index contributed by atoms with van der Waals surface area (Å²) in [5.74, 6) is -6.18. The molecule has 0 radical (unpaired) electrons. The summed E-state index contributed by atoms with van der Waals surface area (Å²) in [4.78, 5) is 61.4. The zero-order valence-corrected chi connectivity index (χ0v) is 30.6. The van der Waals surface area contributed by atoms with Gasteiger partial charge in [-0.25, -0.2) is 38.5 Å². The van der Waals surface area contributed by atoms with E-state index in [-0.39, 0.29) is 34.0 Å². The summed E-state index contributed by atoms with van der Waals surface area (Å²) in [6, 6.07) is 0. The van der Waals surface area contributed by atoms with Gasteiger partial charge < -0.3 is 71.2 Å². The number of ether oxygens (including phenoxy) is 2. The van der Waals surface area contributed by atoms with Gasteiger partial charge in [-0.3, -0.25) is 27.4 Å². The highest BCUT2D eigenvalue weighted by Gasteiger charge is 2.60. The Kier molecular flexibility index (Phi) is 10.9. The summed E-state index contributed by atoms with van der Waals surface area (Å²) in [6.07, 6.45) is -12.2. The topological polar surface area (TPSA) is 447 Å². The van der Waals surface area contributed by atoms with Gasteiger partial charge >= 0.3 is 30.4 Å². The van der Waals surface area contributed by atoms with Crippen molar-refractivity contribution in [3.8, 4) is 0 Å². The summed E-state index contributed by atoms with van der Waals surface area (Å²) >= 11 is 5.62. The van der Waals surface area contributed by atoms with Gasteiger partial charge in [-0.05, 0) is 0 Å². The van der Waals surface area contributed by atoms with E-state index in [0.717, 1.165) is 34.4 Å². The molecule has 4 aromatic heterocycles. The molecule has 2 aliphatic rings. The number of aliphatic hydroxyl groups excluding tert-OH is 6. The van der Waals surface area contributed by atoms with E-state index in [0.29, 0.717) is 0 Å². The molecule has 6 rings (SSSR count). The molecule has 298 valence electrons. The lowest BCUT2D eigenvalue weighted by atomic mass is 10.1. The fraction of sp³-hybridized carbons (Fsp3) is 0.524. The van der Waals surface area contributed by atoms with E-state index in [2.05, 4.69) is 38.5 Å². The van der Waals surface area contributed by atoms with Crippen molar-refractivity contribution in [1.29, 1.82) is 0 Å². The maximum Gasteiger partial charge on any atom is 0.366 e. The van der Waals surface area contributed by atoms with Crippen molar-refractivity contribution in [3.05, 3.63) is 25.3 Å². The third kappa shape index (κ3) is 7.11. The van der Waals surface area contributed by atoms with Crippen LogP contribution in [0.2, 0.25) is 0 Å². The van der Waals surface area contributed by atoms with Gasteiger partial charge in [-0.15, -0.1) is 0 Å². The number of nitrogen functional groups attached to an aromatic ring is 2. The van der Waals surface area contributed by atoms with Crippen molar-refractivity contribution in [2.75, 3.05) is 11.5 Å². The van der Waals surface area contributed by atoms with Crippen LogP contribution in [0.4, 0.5) is 11.6 Å². The van der Waals surface area contributed by atoms with Gasteiger partial charge in [0, 0.05) is 0 Å². The lowest BCUT2D eigenvalue weighted by Gasteiger charge is -2.29. The van der Waals surface area contributed by atoms with Crippen LogP contribution in [0.15, 0.2) is 25.3 Å². The fourth-order valence-corrected chi connectivity index (χ4v) is 13.7. The first-order valence-corrected chi connectivity index (χ1v) is 21.6. The van der Waals surface area contributed by atoms with Crippen LogP contribution in [0, 0.1) is 0 Å². The van der Waals surface area contributed by atoms with E-state index < -0.39 is 96.0 Å².